The quantitative estimate of drug-likeness (QED) is 0.196. The molecule has 0 saturated heterocycles. The average molecular weight is 517 g/mol. The van der Waals surface area contributed by atoms with E-state index in [4.69, 9.17) is 21.4 Å². The summed E-state index contributed by atoms with van der Waals surface area (Å²) in [6.07, 6.45) is 0.0398. The van der Waals surface area contributed by atoms with E-state index < -0.39 is 28.1 Å². The number of aliphatic carboxylic acids is 2. The smallest absolute Gasteiger partial charge is 0.481 e. The molecule has 0 spiro atoms. The molecule has 0 heterocycles. The van der Waals surface area contributed by atoms with Gasteiger partial charge in [-0.05, 0) is 24.3 Å². The predicted molar refractivity (Wildman–Crippen MR) is 114 cm³/mol. The number of sulfonamides is 1. The zero-order chi connectivity index (χ0) is 24.8. The van der Waals surface area contributed by atoms with Gasteiger partial charge >= 0.3 is 18.1 Å². The summed E-state index contributed by atoms with van der Waals surface area (Å²) < 4.78 is 57.7. The lowest BCUT2D eigenvalue weighted by Crippen LogP contribution is -2.26. The molecule has 178 valence electrons. The topological polar surface area (TPSA) is 150 Å². The molecule has 0 bridgehead atoms. The highest BCUT2D eigenvalue weighted by Crippen LogP contribution is 2.21. The SMILES string of the molecule is C#CCNS(=O)(=O)c1ccc(C(=O)NCCSSCCC(=O)O)cc1.O=C(O)C(F)(F)F. The summed E-state index contributed by atoms with van der Waals surface area (Å²) in [6.45, 7) is 0.320. The average Bonchev–Trinajstić information content (AvgIpc) is 2.71. The van der Waals surface area contributed by atoms with Gasteiger partial charge < -0.3 is 15.5 Å². The Balaban J connectivity index is 0.00000118. The van der Waals surface area contributed by atoms with Gasteiger partial charge in [-0.3, -0.25) is 9.59 Å². The Kier molecular flexibility index (Phi) is 13.5. The second-order valence-electron chi connectivity index (χ2n) is 5.40. The summed E-state index contributed by atoms with van der Waals surface area (Å²) >= 11 is 0. The van der Waals surface area contributed by atoms with E-state index in [0.29, 0.717) is 23.6 Å². The van der Waals surface area contributed by atoms with Crippen molar-refractivity contribution in [3.8, 4) is 12.3 Å². The number of halogens is 3. The lowest BCUT2D eigenvalue weighted by Gasteiger charge is -2.07. The molecule has 0 atom stereocenters. The lowest BCUT2D eigenvalue weighted by molar-refractivity contribution is -0.192. The van der Waals surface area contributed by atoms with E-state index >= 15 is 0 Å². The van der Waals surface area contributed by atoms with Crippen molar-refractivity contribution in [2.75, 3.05) is 24.6 Å². The minimum atomic E-state index is -5.08. The number of alkyl halides is 3. The van der Waals surface area contributed by atoms with Crippen molar-refractivity contribution < 1.29 is 46.2 Å². The minimum Gasteiger partial charge on any atom is -0.481 e. The van der Waals surface area contributed by atoms with Gasteiger partial charge in [0.2, 0.25) is 10.0 Å². The first-order chi connectivity index (χ1) is 14.8. The van der Waals surface area contributed by atoms with Gasteiger partial charge in [0.05, 0.1) is 17.9 Å². The van der Waals surface area contributed by atoms with Crippen molar-refractivity contribution in [2.24, 2.45) is 0 Å². The van der Waals surface area contributed by atoms with E-state index in [9.17, 15) is 31.2 Å². The van der Waals surface area contributed by atoms with Crippen LogP contribution in [0.3, 0.4) is 0 Å². The number of rotatable bonds is 11. The van der Waals surface area contributed by atoms with E-state index in [-0.39, 0.29) is 23.8 Å². The van der Waals surface area contributed by atoms with Crippen molar-refractivity contribution in [1.82, 2.24) is 10.0 Å². The van der Waals surface area contributed by atoms with E-state index in [1.165, 1.54) is 45.9 Å². The van der Waals surface area contributed by atoms with Gasteiger partial charge in [0, 0.05) is 23.6 Å². The number of nitrogens with one attached hydrogen (secondary N) is 2. The lowest BCUT2D eigenvalue weighted by atomic mass is 10.2. The minimum absolute atomic E-state index is 0.0321. The Bertz CT molecular complexity index is 915. The Labute approximate surface area is 190 Å². The van der Waals surface area contributed by atoms with Gasteiger partial charge in [0.1, 0.15) is 0 Å². The molecule has 0 unspecified atom stereocenters. The summed E-state index contributed by atoms with van der Waals surface area (Å²) in [7, 11) is -0.755. The molecular weight excluding hydrogens is 497 g/mol. The third-order valence-corrected chi connectivity index (χ3v) is 6.81. The van der Waals surface area contributed by atoms with Crippen LogP contribution in [-0.2, 0) is 19.6 Å². The standard InChI is InChI=1S/C15H18N2O5S3.C2HF3O2/c1-2-8-17-25(21,22)13-5-3-12(4-6-13)15(20)16-9-11-24-23-10-7-14(18)19;3-2(4,5)1(6)7/h1,3-6,17H,7-11H2,(H,16,20)(H,18,19);(H,6,7). The van der Waals surface area contributed by atoms with Crippen LogP contribution in [0.15, 0.2) is 29.2 Å². The molecule has 0 aliphatic carbocycles. The maximum atomic E-state index is 12.0. The van der Waals surface area contributed by atoms with Crippen molar-refractivity contribution >= 4 is 49.5 Å². The molecule has 9 nitrogen and oxygen atoms in total. The second-order valence-corrected chi connectivity index (χ2v) is 9.87. The number of benzene rings is 1. The first kappa shape index (κ1) is 29.6. The van der Waals surface area contributed by atoms with Crippen molar-refractivity contribution in [3.05, 3.63) is 29.8 Å². The predicted octanol–water partition coefficient (Wildman–Crippen LogP) is 1.82. The maximum absolute atomic E-state index is 12.0. The second kappa shape index (κ2) is 14.6. The summed E-state index contributed by atoms with van der Waals surface area (Å²) in [4.78, 5) is 31.2. The molecule has 0 fully saturated rings. The van der Waals surface area contributed by atoms with Crippen LogP contribution in [0.5, 0.6) is 0 Å². The van der Waals surface area contributed by atoms with Crippen LogP contribution in [0.2, 0.25) is 0 Å². The monoisotopic (exact) mass is 516 g/mol. The third-order valence-electron chi connectivity index (χ3n) is 2.99. The molecule has 0 aromatic heterocycles. The van der Waals surface area contributed by atoms with E-state index in [1.54, 1.807) is 0 Å². The van der Waals surface area contributed by atoms with Crippen molar-refractivity contribution in [3.63, 3.8) is 0 Å². The molecular formula is C17H19F3N2O7S3. The van der Waals surface area contributed by atoms with Gasteiger partial charge in [-0.2, -0.15) is 17.9 Å². The van der Waals surface area contributed by atoms with E-state index in [0.717, 1.165) is 0 Å². The van der Waals surface area contributed by atoms with Gasteiger partial charge in [0.15, 0.2) is 0 Å². The van der Waals surface area contributed by atoms with Crippen LogP contribution in [0.25, 0.3) is 0 Å². The molecule has 1 aromatic carbocycles. The Hall–Kier alpha value is -2.41. The highest BCUT2D eigenvalue weighted by atomic mass is 33.1. The Morgan fingerprint density at radius 3 is 2.06 bits per heavy atom. The fourth-order valence-electron chi connectivity index (χ4n) is 1.56. The molecule has 15 heteroatoms. The zero-order valence-electron chi connectivity index (χ0n) is 16.2. The summed E-state index contributed by atoms with van der Waals surface area (Å²) in [6, 6.07) is 5.53. The summed E-state index contributed by atoms with van der Waals surface area (Å²) in [5.41, 5.74) is 0.347. The van der Waals surface area contributed by atoms with Crippen molar-refractivity contribution in [1.29, 1.82) is 0 Å². The first-order valence-corrected chi connectivity index (χ1v) is 12.4. The van der Waals surface area contributed by atoms with Crippen LogP contribution in [0.1, 0.15) is 16.8 Å². The highest BCUT2D eigenvalue weighted by molar-refractivity contribution is 8.76. The number of carbonyl (C=O) groups excluding carboxylic acids is 1. The number of amides is 1. The van der Waals surface area contributed by atoms with Crippen LogP contribution >= 0.6 is 21.6 Å². The number of hydrogen-bond acceptors (Lipinski definition) is 7. The molecule has 0 aliphatic rings. The van der Waals surface area contributed by atoms with Crippen LogP contribution in [0.4, 0.5) is 13.2 Å². The summed E-state index contributed by atoms with van der Waals surface area (Å²) in [5.74, 6) is -0.566. The van der Waals surface area contributed by atoms with E-state index in [2.05, 4.69) is 16.0 Å². The van der Waals surface area contributed by atoms with Crippen molar-refractivity contribution in [2.45, 2.75) is 17.5 Å². The fraction of sp³-hybridized carbons (Fsp3) is 0.353. The number of hydrogen-bond donors (Lipinski definition) is 4. The number of carboxylic acids is 2. The van der Waals surface area contributed by atoms with Gasteiger partial charge in [0.25, 0.3) is 5.91 Å². The molecule has 32 heavy (non-hydrogen) atoms. The number of carboxylic acid groups (broad SMARTS) is 2. The number of terminal acetylenes is 1. The first-order valence-electron chi connectivity index (χ1n) is 8.39. The van der Waals surface area contributed by atoms with E-state index in [1.807, 2.05) is 0 Å². The molecule has 1 rings (SSSR count). The fourth-order valence-corrected chi connectivity index (χ4v) is 4.38. The molecule has 0 saturated carbocycles. The zero-order valence-corrected chi connectivity index (χ0v) is 18.7. The number of carbonyl (C=O) groups is 3. The largest absolute Gasteiger partial charge is 0.490 e. The molecule has 0 radical (unpaired) electrons. The van der Waals surface area contributed by atoms with Crippen LogP contribution in [-0.4, -0.2) is 67.2 Å². The molecule has 4 N–H and O–H groups in total. The Morgan fingerprint density at radius 1 is 1.06 bits per heavy atom. The van der Waals surface area contributed by atoms with Gasteiger partial charge in [-0.15, -0.1) is 6.42 Å². The van der Waals surface area contributed by atoms with Gasteiger partial charge in [-0.25, -0.2) is 13.2 Å². The maximum Gasteiger partial charge on any atom is 0.490 e. The summed E-state index contributed by atoms with van der Waals surface area (Å²) in [5, 5.41) is 18.3. The molecule has 1 aromatic rings. The molecule has 0 aliphatic heterocycles. The van der Waals surface area contributed by atoms with Crippen LogP contribution in [0, 0.1) is 12.3 Å². The van der Waals surface area contributed by atoms with Gasteiger partial charge in [-0.1, -0.05) is 27.5 Å². The van der Waals surface area contributed by atoms with Crippen LogP contribution < -0.4 is 10.0 Å². The highest BCUT2D eigenvalue weighted by Gasteiger charge is 2.38. The molecule has 1 amide bonds. The normalized spacial score (nSPS) is 10.9. The third kappa shape index (κ3) is 13.1. The Morgan fingerprint density at radius 2 is 1.59 bits per heavy atom.